The highest BCUT2D eigenvalue weighted by molar-refractivity contribution is 5.84. The summed E-state index contributed by atoms with van der Waals surface area (Å²) in [4.78, 5) is 33.0. The van der Waals surface area contributed by atoms with Crippen molar-refractivity contribution in [1.29, 1.82) is 0 Å². The number of esters is 2. The molecule has 0 aromatic heterocycles. The van der Waals surface area contributed by atoms with Gasteiger partial charge >= 0.3 is 11.9 Å². The van der Waals surface area contributed by atoms with Gasteiger partial charge in [0.25, 0.3) is 0 Å². The van der Waals surface area contributed by atoms with Crippen LogP contribution in [0, 0.1) is 0 Å². The fraction of sp³-hybridized carbons (Fsp3) is 0.312. The maximum absolute atomic E-state index is 11.6. The first-order chi connectivity index (χ1) is 10.6. The van der Waals surface area contributed by atoms with Gasteiger partial charge in [-0.1, -0.05) is 6.58 Å². The van der Waals surface area contributed by atoms with Gasteiger partial charge in [-0.15, -0.1) is 0 Å². The van der Waals surface area contributed by atoms with Crippen molar-refractivity contribution in [2.24, 2.45) is 0 Å². The third-order valence-electron chi connectivity index (χ3n) is 2.85. The SMILES string of the molecule is C=CC(=O)OCCCCCC(=O)Oc1ccc(C=O)c(N)c1. The molecule has 1 aromatic rings. The van der Waals surface area contributed by atoms with Crippen LogP contribution in [-0.4, -0.2) is 24.8 Å². The van der Waals surface area contributed by atoms with Gasteiger partial charge < -0.3 is 15.2 Å². The molecular weight excluding hydrogens is 286 g/mol. The molecule has 0 saturated carbocycles. The first kappa shape index (κ1) is 17.4. The lowest BCUT2D eigenvalue weighted by Gasteiger charge is -2.06. The Morgan fingerprint density at radius 3 is 2.64 bits per heavy atom. The van der Waals surface area contributed by atoms with E-state index in [9.17, 15) is 14.4 Å². The van der Waals surface area contributed by atoms with Crippen molar-refractivity contribution >= 4 is 23.9 Å². The van der Waals surface area contributed by atoms with Gasteiger partial charge in [0, 0.05) is 29.8 Å². The number of anilines is 1. The van der Waals surface area contributed by atoms with Gasteiger partial charge in [0.05, 0.1) is 6.61 Å². The quantitative estimate of drug-likeness (QED) is 0.188. The lowest BCUT2D eigenvalue weighted by Crippen LogP contribution is -2.08. The molecule has 1 aromatic carbocycles. The van der Waals surface area contributed by atoms with Crippen LogP contribution in [0.1, 0.15) is 36.0 Å². The summed E-state index contributed by atoms with van der Waals surface area (Å²) in [6.45, 7) is 3.60. The van der Waals surface area contributed by atoms with Crippen LogP contribution in [-0.2, 0) is 14.3 Å². The maximum atomic E-state index is 11.6. The minimum Gasteiger partial charge on any atom is -0.463 e. The average molecular weight is 305 g/mol. The predicted molar refractivity (Wildman–Crippen MR) is 81.5 cm³/mol. The fourth-order valence-electron chi connectivity index (χ4n) is 1.69. The van der Waals surface area contributed by atoms with E-state index in [4.69, 9.17) is 15.2 Å². The molecule has 0 radical (unpaired) electrons. The molecule has 0 unspecified atom stereocenters. The second-order valence-electron chi connectivity index (χ2n) is 4.56. The maximum Gasteiger partial charge on any atom is 0.330 e. The van der Waals surface area contributed by atoms with Crippen molar-refractivity contribution in [3.05, 3.63) is 36.4 Å². The summed E-state index contributed by atoms with van der Waals surface area (Å²) in [6.07, 6.45) is 4.05. The number of benzene rings is 1. The molecule has 0 atom stereocenters. The van der Waals surface area contributed by atoms with E-state index in [1.54, 1.807) is 0 Å². The number of aldehydes is 1. The number of carbonyl (C=O) groups excluding carboxylic acids is 3. The number of nitrogens with two attached hydrogens (primary N) is 1. The molecule has 6 heteroatoms. The first-order valence-corrected chi connectivity index (χ1v) is 6.91. The highest BCUT2D eigenvalue weighted by Crippen LogP contribution is 2.19. The Hall–Kier alpha value is -2.63. The Kier molecular flexibility index (Phi) is 7.39. The van der Waals surface area contributed by atoms with Gasteiger partial charge in [-0.3, -0.25) is 9.59 Å². The molecule has 6 nitrogen and oxygen atoms in total. The molecule has 0 amide bonds. The molecular formula is C16H19NO5. The Labute approximate surface area is 128 Å². The molecule has 118 valence electrons. The Morgan fingerprint density at radius 2 is 2.00 bits per heavy atom. The van der Waals surface area contributed by atoms with Crippen LogP contribution < -0.4 is 10.5 Å². The summed E-state index contributed by atoms with van der Waals surface area (Å²) < 4.78 is 9.94. The Bertz CT molecular complexity index is 553. The average Bonchev–Trinajstić information content (AvgIpc) is 2.50. The van der Waals surface area contributed by atoms with Gasteiger partial charge in [0.2, 0.25) is 0 Å². The van der Waals surface area contributed by atoms with E-state index in [-0.39, 0.29) is 18.1 Å². The summed E-state index contributed by atoms with van der Waals surface area (Å²) in [5.74, 6) is -0.509. The number of rotatable bonds is 9. The molecule has 1 rings (SSSR count). The van der Waals surface area contributed by atoms with E-state index < -0.39 is 5.97 Å². The lowest BCUT2D eigenvalue weighted by atomic mass is 10.2. The molecule has 22 heavy (non-hydrogen) atoms. The highest BCUT2D eigenvalue weighted by atomic mass is 16.5. The fourth-order valence-corrected chi connectivity index (χ4v) is 1.69. The van der Waals surface area contributed by atoms with Crippen LogP contribution in [0.15, 0.2) is 30.9 Å². The second-order valence-corrected chi connectivity index (χ2v) is 4.56. The van der Waals surface area contributed by atoms with Crippen LogP contribution in [0.3, 0.4) is 0 Å². The standard InChI is InChI=1S/C16H19NO5/c1-2-15(19)21-9-5-3-4-6-16(20)22-13-8-7-12(11-18)14(17)10-13/h2,7-8,10-11H,1,3-6,9,17H2. The van der Waals surface area contributed by atoms with Crippen LogP contribution in [0.2, 0.25) is 0 Å². The topological polar surface area (TPSA) is 95.7 Å². The molecule has 0 spiro atoms. The van der Waals surface area contributed by atoms with Crippen molar-refractivity contribution in [1.82, 2.24) is 0 Å². The molecule has 0 bridgehead atoms. The van der Waals surface area contributed by atoms with Gasteiger partial charge in [0.15, 0.2) is 6.29 Å². The van der Waals surface area contributed by atoms with E-state index in [2.05, 4.69) is 6.58 Å². The normalized spacial score (nSPS) is 9.82. The third-order valence-corrected chi connectivity index (χ3v) is 2.85. The van der Waals surface area contributed by atoms with Crippen LogP contribution in [0.4, 0.5) is 5.69 Å². The minimum atomic E-state index is -0.448. The molecule has 0 aliphatic heterocycles. The zero-order chi connectivity index (χ0) is 16.4. The van der Waals surface area contributed by atoms with Gasteiger partial charge in [-0.2, -0.15) is 0 Å². The number of hydrogen-bond acceptors (Lipinski definition) is 6. The summed E-state index contributed by atoms with van der Waals surface area (Å²) in [6, 6.07) is 4.46. The largest absolute Gasteiger partial charge is 0.463 e. The predicted octanol–water partition coefficient (Wildman–Crippen LogP) is 2.28. The summed E-state index contributed by atoms with van der Waals surface area (Å²) in [5.41, 5.74) is 6.25. The molecule has 0 heterocycles. The van der Waals surface area contributed by atoms with Crippen molar-refractivity contribution in [2.45, 2.75) is 25.7 Å². The minimum absolute atomic E-state index is 0.255. The number of ether oxygens (including phenoxy) is 2. The Morgan fingerprint density at radius 1 is 1.23 bits per heavy atom. The number of carbonyl (C=O) groups is 3. The van der Waals surface area contributed by atoms with E-state index in [0.29, 0.717) is 37.0 Å². The van der Waals surface area contributed by atoms with Gasteiger partial charge in [-0.25, -0.2) is 4.79 Å². The first-order valence-electron chi connectivity index (χ1n) is 6.91. The monoisotopic (exact) mass is 305 g/mol. The smallest absolute Gasteiger partial charge is 0.330 e. The summed E-state index contributed by atoms with van der Waals surface area (Å²) >= 11 is 0. The summed E-state index contributed by atoms with van der Waals surface area (Å²) in [7, 11) is 0. The number of hydrogen-bond donors (Lipinski definition) is 1. The van der Waals surface area contributed by atoms with E-state index in [0.717, 1.165) is 12.5 Å². The number of unbranched alkanes of at least 4 members (excludes halogenated alkanes) is 2. The molecule has 0 aliphatic rings. The molecule has 0 fully saturated rings. The molecule has 0 saturated heterocycles. The van der Waals surface area contributed by atoms with Gasteiger partial charge in [-0.05, 0) is 31.4 Å². The van der Waals surface area contributed by atoms with Gasteiger partial charge in [0.1, 0.15) is 5.75 Å². The van der Waals surface area contributed by atoms with E-state index in [1.807, 2.05) is 0 Å². The highest BCUT2D eigenvalue weighted by Gasteiger charge is 2.07. The van der Waals surface area contributed by atoms with Crippen molar-refractivity contribution in [2.75, 3.05) is 12.3 Å². The van der Waals surface area contributed by atoms with E-state index in [1.165, 1.54) is 18.2 Å². The molecule has 0 aliphatic carbocycles. The van der Waals surface area contributed by atoms with Crippen LogP contribution in [0.5, 0.6) is 5.75 Å². The number of nitrogen functional groups attached to an aromatic ring is 1. The van der Waals surface area contributed by atoms with Crippen molar-refractivity contribution in [3.8, 4) is 5.75 Å². The zero-order valence-corrected chi connectivity index (χ0v) is 12.2. The van der Waals surface area contributed by atoms with E-state index >= 15 is 0 Å². The van der Waals surface area contributed by atoms with Crippen LogP contribution >= 0.6 is 0 Å². The third kappa shape index (κ3) is 6.21. The van der Waals surface area contributed by atoms with Crippen molar-refractivity contribution < 1.29 is 23.9 Å². The second kappa shape index (κ2) is 9.33. The Balaban J connectivity index is 2.23. The zero-order valence-electron chi connectivity index (χ0n) is 12.2. The van der Waals surface area contributed by atoms with Crippen molar-refractivity contribution in [3.63, 3.8) is 0 Å². The van der Waals surface area contributed by atoms with Crippen LogP contribution in [0.25, 0.3) is 0 Å². The lowest BCUT2D eigenvalue weighted by molar-refractivity contribution is -0.138. The molecule has 2 N–H and O–H groups in total. The summed E-state index contributed by atoms with van der Waals surface area (Å²) in [5, 5.41) is 0.